The summed E-state index contributed by atoms with van der Waals surface area (Å²) >= 11 is 3.94. The Morgan fingerprint density at radius 2 is 1.17 bits per heavy atom. The van der Waals surface area contributed by atoms with Gasteiger partial charge in [0, 0.05) is 0 Å². The molecule has 36 heavy (non-hydrogen) atoms. The minimum Gasteiger partial charge on any atom is -0.414 e. The minimum absolute atomic E-state index is 0.0529. The first-order valence-corrected chi connectivity index (χ1v) is 23.0. The van der Waals surface area contributed by atoms with Crippen molar-refractivity contribution in [3.8, 4) is 0 Å². The molecular weight excluding hydrogens is 568 g/mol. The molecule has 1 saturated heterocycles. The van der Waals surface area contributed by atoms with Crippen LogP contribution in [0.3, 0.4) is 0 Å². The van der Waals surface area contributed by atoms with Gasteiger partial charge in [-0.3, -0.25) is 0 Å². The molecule has 1 aliphatic heterocycles. The van der Waals surface area contributed by atoms with E-state index in [1.165, 1.54) is 0 Å². The summed E-state index contributed by atoms with van der Waals surface area (Å²) in [5.41, 5.74) is 0. The van der Waals surface area contributed by atoms with Crippen LogP contribution in [-0.4, -0.2) is 67.6 Å². The fourth-order valence-corrected chi connectivity index (χ4v) is 7.65. The highest BCUT2D eigenvalue weighted by Crippen LogP contribution is 2.45. The van der Waals surface area contributed by atoms with Gasteiger partial charge in [0.05, 0.1) is 30.2 Å². The maximum atomic E-state index is 7.14. The van der Waals surface area contributed by atoms with E-state index in [1.807, 2.05) is 0 Å². The van der Waals surface area contributed by atoms with E-state index >= 15 is 0 Å². The van der Waals surface area contributed by atoms with Gasteiger partial charge in [-0.05, 0) is 54.4 Å². The van der Waals surface area contributed by atoms with Gasteiger partial charge in [0.1, 0.15) is 6.10 Å². The summed E-state index contributed by atoms with van der Waals surface area (Å²) in [6.07, 6.45) is 0.484. The zero-order valence-electron chi connectivity index (χ0n) is 26.0. The van der Waals surface area contributed by atoms with Gasteiger partial charge in [-0.1, -0.05) is 84.3 Å². The van der Waals surface area contributed by atoms with Crippen molar-refractivity contribution in [3.05, 3.63) is 12.7 Å². The second kappa shape index (κ2) is 12.0. The van der Waals surface area contributed by atoms with E-state index in [0.717, 1.165) is 0 Å². The highest BCUT2D eigenvalue weighted by molar-refractivity contribution is 9.09. The lowest BCUT2D eigenvalue weighted by Crippen LogP contribution is -2.65. The molecule has 0 amide bonds. The molecule has 0 spiro atoms. The fourth-order valence-electron chi connectivity index (χ4n) is 3.12. The van der Waals surface area contributed by atoms with Crippen LogP contribution in [0.1, 0.15) is 62.3 Å². The molecule has 0 aliphatic carbocycles. The van der Waals surface area contributed by atoms with E-state index in [9.17, 15) is 0 Å². The van der Waals surface area contributed by atoms with Gasteiger partial charge in [0.15, 0.2) is 31.2 Å². The second-order valence-electron chi connectivity index (χ2n) is 14.9. The predicted molar refractivity (Wildman–Crippen MR) is 165 cm³/mol. The van der Waals surface area contributed by atoms with Gasteiger partial charge >= 0.3 is 0 Å². The molecule has 0 aromatic rings. The summed E-state index contributed by atoms with van der Waals surface area (Å²) in [4.78, 5) is -0.175. The van der Waals surface area contributed by atoms with Crippen molar-refractivity contribution in [3.63, 3.8) is 0 Å². The molecule has 9 heteroatoms. The van der Waals surface area contributed by atoms with Gasteiger partial charge in [-0.15, -0.1) is 6.58 Å². The van der Waals surface area contributed by atoms with Crippen molar-refractivity contribution >= 4 is 40.9 Å². The predicted octanol–water partition coefficient (Wildman–Crippen LogP) is 8.48. The Bertz CT molecular complexity index is 722. The van der Waals surface area contributed by atoms with Crippen molar-refractivity contribution in [2.45, 2.75) is 146 Å². The molecule has 1 aliphatic rings. The zero-order chi connectivity index (χ0) is 28.5. The number of ether oxygens (including phenoxy) is 2. The summed E-state index contributed by atoms with van der Waals surface area (Å²) in [7, 11) is -6.29. The molecule has 0 aromatic carbocycles. The lowest BCUT2D eigenvalue weighted by Gasteiger charge is -2.52. The summed E-state index contributed by atoms with van der Waals surface area (Å²) in [5.74, 6) is 0. The van der Waals surface area contributed by atoms with Crippen LogP contribution in [0, 0.1) is 0 Å². The number of rotatable bonds is 10. The first-order valence-electron chi connectivity index (χ1n) is 13.4. The Kier molecular flexibility index (Phi) is 11.6. The van der Waals surface area contributed by atoms with E-state index < -0.39 is 31.2 Å². The van der Waals surface area contributed by atoms with Crippen LogP contribution in [0.4, 0.5) is 0 Å². The van der Waals surface area contributed by atoms with Crippen molar-refractivity contribution in [1.82, 2.24) is 0 Å². The Labute approximate surface area is 234 Å². The largest absolute Gasteiger partial charge is 0.414 e. The number of hydrogen-bond acceptors (Lipinski definition) is 5. The van der Waals surface area contributed by atoms with E-state index in [2.05, 4.69) is 124 Å². The molecule has 5 nitrogen and oxygen atoms in total. The molecule has 1 fully saturated rings. The molecule has 0 N–H and O–H groups in total. The fraction of sp³-hybridized carbons (Fsp3) is 0.926. The third kappa shape index (κ3) is 8.58. The number of halogens is 1. The van der Waals surface area contributed by atoms with E-state index in [4.69, 9.17) is 22.8 Å². The van der Waals surface area contributed by atoms with Crippen LogP contribution in [0.15, 0.2) is 12.7 Å². The lowest BCUT2D eigenvalue weighted by atomic mass is 10.0. The summed E-state index contributed by atoms with van der Waals surface area (Å²) in [6.45, 7) is 38.9. The summed E-state index contributed by atoms with van der Waals surface area (Å²) < 4.78 is 33.7. The lowest BCUT2D eigenvalue weighted by molar-refractivity contribution is -0.241. The summed E-state index contributed by atoms with van der Waals surface area (Å²) in [5, 5.41) is 0.215. The minimum atomic E-state index is -2.15. The molecule has 0 saturated carbocycles. The first kappa shape index (κ1) is 34.7. The normalized spacial score (nSPS) is 27.3. The molecule has 0 unspecified atom stereocenters. The molecule has 214 valence electrons. The maximum absolute atomic E-state index is 7.14. The molecule has 1 heterocycles. The van der Waals surface area contributed by atoms with E-state index in [1.54, 1.807) is 6.08 Å². The topological polar surface area (TPSA) is 46.2 Å². The van der Waals surface area contributed by atoms with Crippen LogP contribution in [0.25, 0.3) is 0 Å². The first-order chi connectivity index (χ1) is 15.9. The maximum Gasteiger partial charge on any atom is 0.192 e. The second-order valence-corrected chi connectivity index (χ2v) is 30.2. The quantitative estimate of drug-likeness (QED) is 0.138. The smallest absolute Gasteiger partial charge is 0.192 e. The Balaban J connectivity index is 3.53. The van der Waals surface area contributed by atoms with Gasteiger partial charge in [-0.25, -0.2) is 0 Å². The zero-order valence-corrected chi connectivity index (χ0v) is 30.6. The molecule has 0 radical (unpaired) electrons. The molecule has 1 rings (SSSR count). The van der Waals surface area contributed by atoms with Gasteiger partial charge in [0.25, 0.3) is 0 Å². The average Bonchev–Trinajstić information content (AvgIpc) is 2.66. The van der Waals surface area contributed by atoms with Gasteiger partial charge in [0.2, 0.25) is 0 Å². The molecule has 5 atom stereocenters. The van der Waals surface area contributed by atoms with Crippen LogP contribution < -0.4 is 0 Å². The molecule has 0 aromatic heterocycles. The van der Waals surface area contributed by atoms with Crippen molar-refractivity contribution < 1.29 is 22.8 Å². The summed E-state index contributed by atoms with van der Waals surface area (Å²) in [6, 6.07) is 0. The van der Waals surface area contributed by atoms with Crippen LogP contribution >= 0.6 is 15.9 Å². The van der Waals surface area contributed by atoms with Gasteiger partial charge in [-0.2, -0.15) is 0 Å². The average molecular weight is 626 g/mol. The number of hydrogen-bond donors (Lipinski definition) is 0. The Morgan fingerprint density at radius 3 is 1.56 bits per heavy atom. The monoisotopic (exact) mass is 624 g/mol. The van der Waals surface area contributed by atoms with Crippen molar-refractivity contribution in [2.75, 3.05) is 13.2 Å². The van der Waals surface area contributed by atoms with Gasteiger partial charge < -0.3 is 22.8 Å². The van der Waals surface area contributed by atoms with E-state index in [-0.39, 0.29) is 38.3 Å². The van der Waals surface area contributed by atoms with Crippen molar-refractivity contribution in [2.24, 2.45) is 0 Å². The Morgan fingerprint density at radius 1 is 0.750 bits per heavy atom. The van der Waals surface area contributed by atoms with Crippen LogP contribution in [0.2, 0.25) is 54.4 Å². The molecule has 0 bridgehead atoms. The molecular formula is C27H57BrO5Si3. The van der Waals surface area contributed by atoms with Crippen LogP contribution in [0.5, 0.6) is 0 Å². The highest BCUT2D eigenvalue weighted by atomic mass is 79.9. The third-order valence-electron chi connectivity index (χ3n) is 8.84. The van der Waals surface area contributed by atoms with E-state index in [0.29, 0.717) is 13.2 Å². The SMILES string of the molecule is C=CCO[C@H]1O[C@H](CO[Si](C)(C)C(C)(C)C)[C@@H](O[Si](C)(C)C(C)(C)C)[C@H](O[Si](C)(C)C(C)(C)C)[C@@H]1Br. The highest BCUT2D eigenvalue weighted by Gasteiger charge is 2.54. The Hall–Kier alpha value is 0.671. The van der Waals surface area contributed by atoms with Crippen molar-refractivity contribution in [1.29, 1.82) is 0 Å². The third-order valence-corrected chi connectivity index (χ3v) is 23.2. The number of alkyl halides is 1. The van der Waals surface area contributed by atoms with Crippen LogP contribution in [-0.2, 0) is 22.8 Å². The standard InChI is InChI=1S/C27H57BrO5Si3/c1-17-18-29-24-21(28)23(33-36(15,16)27(8,9)10)22(32-35(13,14)26(5,6)7)20(31-24)19-30-34(11,12)25(2,3)4/h17,20-24H,1,18-19H2,2-16H3/t20-,21+,22-,23-,24+/m1/s1.